The van der Waals surface area contributed by atoms with Gasteiger partial charge >= 0.3 is 12.6 Å². The number of alkyl halides is 2. The number of nitrogens with zero attached hydrogens (tertiary/aromatic N) is 1. The number of hydrogen-bond acceptors (Lipinski definition) is 6. The number of carbonyl (C=O) groups is 2. The Balaban J connectivity index is 1.82. The number of hydrogen-bond donors (Lipinski definition) is 1. The summed E-state index contributed by atoms with van der Waals surface area (Å²) in [5.41, 5.74) is 0.261. The second-order valence-electron chi connectivity index (χ2n) is 4.98. The number of carbonyl (C=O) groups excluding carboxylic acids is 2. The van der Waals surface area contributed by atoms with Crippen LogP contribution < -0.4 is 14.8 Å². The highest BCUT2D eigenvalue weighted by atomic mass is 19.3. The van der Waals surface area contributed by atoms with Gasteiger partial charge in [-0.25, -0.2) is 4.79 Å². The fourth-order valence-electron chi connectivity index (χ4n) is 1.96. The van der Waals surface area contributed by atoms with Crippen LogP contribution in [0.3, 0.4) is 0 Å². The Morgan fingerprint density at radius 1 is 1.04 bits per heavy atom. The van der Waals surface area contributed by atoms with E-state index in [1.54, 1.807) is 12.1 Å². The van der Waals surface area contributed by atoms with Gasteiger partial charge in [0.05, 0.1) is 11.3 Å². The summed E-state index contributed by atoms with van der Waals surface area (Å²) in [5.74, 6) is -1.59. The minimum atomic E-state index is -3.05. The molecule has 0 aromatic heterocycles. The highest BCUT2D eigenvalue weighted by molar-refractivity contribution is 5.94. The Bertz CT molecular complexity index is 852. The van der Waals surface area contributed by atoms with Gasteiger partial charge in [-0.15, -0.1) is 0 Å². The zero-order chi connectivity index (χ0) is 19.6. The van der Waals surface area contributed by atoms with Crippen LogP contribution in [0.2, 0.25) is 0 Å². The highest BCUT2D eigenvalue weighted by Crippen LogP contribution is 2.25. The van der Waals surface area contributed by atoms with Gasteiger partial charge in [-0.3, -0.25) is 4.79 Å². The molecule has 0 saturated carbocycles. The highest BCUT2D eigenvalue weighted by Gasteiger charge is 2.14. The Labute approximate surface area is 153 Å². The fraction of sp³-hybridized carbons (Fsp3) is 0.167. The van der Waals surface area contributed by atoms with E-state index in [-0.39, 0.29) is 22.7 Å². The summed E-state index contributed by atoms with van der Waals surface area (Å²) in [6.07, 6.45) is 0. The third kappa shape index (κ3) is 6.28. The van der Waals surface area contributed by atoms with Gasteiger partial charge in [0.2, 0.25) is 0 Å². The first-order valence-electron chi connectivity index (χ1n) is 7.61. The quantitative estimate of drug-likeness (QED) is 0.712. The third-order valence-electron chi connectivity index (χ3n) is 3.09. The van der Waals surface area contributed by atoms with Crippen molar-refractivity contribution >= 4 is 17.6 Å². The molecule has 0 bridgehead atoms. The summed E-state index contributed by atoms with van der Waals surface area (Å²) >= 11 is 0. The van der Waals surface area contributed by atoms with Crippen LogP contribution in [-0.4, -0.2) is 31.7 Å². The molecule has 9 heteroatoms. The van der Waals surface area contributed by atoms with Crippen LogP contribution in [-0.2, 0) is 14.3 Å². The SMILES string of the molecule is N#Cc1ccccc1OCC(=O)OCC(=O)Nc1ccccc1OC(F)F. The van der Waals surface area contributed by atoms with Crippen molar-refractivity contribution in [2.45, 2.75) is 6.61 Å². The molecule has 0 spiro atoms. The van der Waals surface area contributed by atoms with Gasteiger partial charge in [0.15, 0.2) is 13.2 Å². The maximum absolute atomic E-state index is 12.3. The van der Waals surface area contributed by atoms with Crippen molar-refractivity contribution in [2.24, 2.45) is 0 Å². The third-order valence-corrected chi connectivity index (χ3v) is 3.09. The average molecular weight is 376 g/mol. The Morgan fingerprint density at radius 2 is 1.70 bits per heavy atom. The van der Waals surface area contributed by atoms with Gasteiger partial charge in [-0.05, 0) is 24.3 Å². The number of rotatable bonds is 8. The zero-order valence-electron chi connectivity index (χ0n) is 13.9. The van der Waals surface area contributed by atoms with E-state index in [2.05, 4.69) is 10.1 Å². The van der Waals surface area contributed by atoms with Crippen LogP contribution in [0, 0.1) is 11.3 Å². The molecule has 0 aliphatic heterocycles. The van der Waals surface area contributed by atoms with E-state index < -0.39 is 31.7 Å². The van der Waals surface area contributed by atoms with Crippen molar-refractivity contribution in [3.05, 3.63) is 54.1 Å². The lowest BCUT2D eigenvalue weighted by Gasteiger charge is -2.12. The van der Waals surface area contributed by atoms with Gasteiger partial charge in [-0.2, -0.15) is 14.0 Å². The largest absolute Gasteiger partial charge is 0.481 e. The summed E-state index contributed by atoms with van der Waals surface area (Å²) in [4.78, 5) is 23.5. The number of benzene rings is 2. The van der Waals surface area contributed by atoms with Crippen LogP contribution in [0.15, 0.2) is 48.5 Å². The molecular formula is C18H14F2N2O5. The smallest absolute Gasteiger partial charge is 0.387 e. The van der Waals surface area contributed by atoms with Crippen molar-refractivity contribution < 1.29 is 32.6 Å². The number of anilines is 1. The first-order valence-corrected chi connectivity index (χ1v) is 7.61. The topological polar surface area (TPSA) is 97.6 Å². The standard InChI is InChI=1S/C18H14F2N2O5/c19-18(20)27-15-8-4-2-6-13(15)22-16(23)10-26-17(24)11-25-14-7-3-1-5-12(14)9-21/h1-8,18H,10-11H2,(H,22,23). The molecule has 0 heterocycles. The predicted molar refractivity (Wildman–Crippen MR) is 89.3 cm³/mol. The molecule has 0 saturated heterocycles. The van der Waals surface area contributed by atoms with E-state index in [1.165, 1.54) is 36.4 Å². The van der Waals surface area contributed by atoms with E-state index in [0.717, 1.165) is 0 Å². The van der Waals surface area contributed by atoms with Crippen LogP contribution in [0.5, 0.6) is 11.5 Å². The lowest BCUT2D eigenvalue weighted by molar-refractivity contribution is -0.149. The zero-order valence-corrected chi connectivity index (χ0v) is 13.9. The summed E-state index contributed by atoms with van der Waals surface area (Å²) in [6, 6.07) is 13.8. The molecule has 0 aliphatic carbocycles. The van der Waals surface area contributed by atoms with Gasteiger partial charge in [-0.1, -0.05) is 24.3 Å². The van der Waals surface area contributed by atoms with Crippen molar-refractivity contribution in [3.8, 4) is 17.6 Å². The summed E-state index contributed by atoms with van der Waals surface area (Å²) < 4.78 is 38.9. The molecule has 1 N–H and O–H groups in total. The number of nitriles is 1. The summed E-state index contributed by atoms with van der Waals surface area (Å²) in [7, 11) is 0. The Morgan fingerprint density at radius 3 is 2.41 bits per heavy atom. The molecule has 2 aromatic carbocycles. The van der Waals surface area contributed by atoms with Gasteiger partial charge < -0.3 is 19.5 Å². The van der Waals surface area contributed by atoms with Crippen LogP contribution in [0.25, 0.3) is 0 Å². The lowest BCUT2D eigenvalue weighted by atomic mass is 10.2. The fourth-order valence-corrected chi connectivity index (χ4v) is 1.96. The monoisotopic (exact) mass is 376 g/mol. The molecule has 140 valence electrons. The van der Waals surface area contributed by atoms with E-state index >= 15 is 0 Å². The molecule has 27 heavy (non-hydrogen) atoms. The van der Waals surface area contributed by atoms with E-state index in [4.69, 9.17) is 14.7 Å². The van der Waals surface area contributed by atoms with Gasteiger partial charge in [0, 0.05) is 0 Å². The van der Waals surface area contributed by atoms with Crippen LogP contribution in [0.1, 0.15) is 5.56 Å². The maximum atomic E-state index is 12.3. The van der Waals surface area contributed by atoms with Crippen molar-refractivity contribution in [1.82, 2.24) is 0 Å². The lowest BCUT2D eigenvalue weighted by Crippen LogP contribution is -2.24. The summed E-state index contributed by atoms with van der Waals surface area (Å²) in [6.45, 7) is -4.20. The number of para-hydroxylation sites is 3. The molecule has 0 unspecified atom stereocenters. The molecule has 0 atom stereocenters. The number of nitrogens with one attached hydrogen (secondary N) is 1. The molecule has 0 fully saturated rings. The molecule has 0 radical (unpaired) electrons. The summed E-state index contributed by atoms with van der Waals surface area (Å²) in [5, 5.41) is 11.2. The molecule has 2 aromatic rings. The minimum Gasteiger partial charge on any atom is -0.481 e. The predicted octanol–water partition coefficient (Wildman–Crippen LogP) is 2.72. The van der Waals surface area contributed by atoms with E-state index in [9.17, 15) is 18.4 Å². The Kier molecular flexibility index (Phi) is 7.07. The van der Waals surface area contributed by atoms with Gasteiger partial charge in [0.1, 0.15) is 17.6 Å². The number of amides is 1. The normalized spacial score (nSPS) is 10.0. The van der Waals surface area contributed by atoms with Crippen LogP contribution in [0.4, 0.5) is 14.5 Å². The minimum absolute atomic E-state index is 0.0121. The second-order valence-corrected chi connectivity index (χ2v) is 4.98. The average Bonchev–Trinajstić information content (AvgIpc) is 2.66. The first kappa shape index (κ1) is 19.7. The second kappa shape index (κ2) is 9.72. The maximum Gasteiger partial charge on any atom is 0.387 e. The molecular weight excluding hydrogens is 362 g/mol. The van der Waals surface area contributed by atoms with Crippen molar-refractivity contribution in [2.75, 3.05) is 18.5 Å². The molecule has 2 rings (SSSR count). The molecule has 0 aliphatic rings. The van der Waals surface area contributed by atoms with E-state index in [0.29, 0.717) is 0 Å². The molecule has 1 amide bonds. The van der Waals surface area contributed by atoms with Crippen molar-refractivity contribution in [1.29, 1.82) is 5.26 Å². The number of halogens is 2. The first-order chi connectivity index (χ1) is 13.0. The molecule has 7 nitrogen and oxygen atoms in total. The number of ether oxygens (including phenoxy) is 3. The Hall–Kier alpha value is -3.67. The van der Waals surface area contributed by atoms with Gasteiger partial charge in [0.25, 0.3) is 5.91 Å². The van der Waals surface area contributed by atoms with Crippen molar-refractivity contribution in [3.63, 3.8) is 0 Å². The van der Waals surface area contributed by atoms with Crippen LogP contribution >= 0.6 is 0 Å². The number of esters is 1. The van der Waals surface area contributed by atoms with E-state index in [1.807, 2.05) is 6.07 Å².